The van der Waals surface area contributed by atoms with Crippen molar-refractivity contribution in [3.8, 4) is 12.3 Å². The second-order valence-electron chi connectivity index (χ2n) is 4.06. The van der Waals surface area contributed by atoms with E-state index in [0.29, 0.717) is 17.8 Å². The molecule has 19 heavy (non-hydrogen) atoms. The van der Waals surface area contributed by atoms with Crippen LogP contribution >= 0.6 is 0 Å². The van der Waals surface area contributed by atoms with Crippen LogP contribution < -0.4 is 0 Å². The Balaban J connectivity index is 2.17. The Kier molecular flexibility index (Phi) is 3.99. The molecule has 0 aliphatic heterocycles. The fraction of sp³-hybridized carbons (Fsp3) is 0.200. The Morgan fingerprint density at radius 2 is 2.32 bits per heavy atom. The van der Waals surface area contributed by atoms with Crippen molar-refractivity contribution in [2.45, 2.75) is 12.5 Å². The monoisotopic (exact) mass is 254 g/mol. The summed E-state index contributed by atoms with van der Waals surface area (Å²) in [6, 6.07) is 8.92. The average Bonchev–Trinajstić information content (AvgIpc) is 2.85. The Morgan fingerprint density at radius 3 is 2.89 bits per heavy atom. The highest BCUT2D eigenvalue weighted by atomic mass is 16.5. The van der Waals surface area contributed by atoms with Crippen LogP contribution in [0.4, 0.5) is 0 Å². The molecule has 4 nitrogen and oxygen atoms in total. The average molecular weight is 254 g/mol. The summed E-state index contributed by atoms with van der Waals surface area (Å²) in [4.78, 5) is 16.2. The molecule has 0 radical (unpaired) electrons. The summed E-state index contributed by atoms with van der Waals surface area (Å²) in [6.45, 7) is 0. The van der Waals surface area contributed by atoms with Gasteiger partial charge in [-0.05, 0) is 24.3 Å². The van der Waals surface area contributed by atoms with Crippen molar-refractivity contribution in [3.05, 3.63) is 54.1 Å². The predicted octanol–water partition coefficient (Wildman–Crippen LogP) is 2.34. The molecule has 2 aromatic heterocycles. The molecule has 1 atom stereocenters. The van der Waals surface area contributed by atoms with E-state index in [9.17, 15) is 4.79 Å². The lowest BCUT2D eigenvalue weighted by atomic mass is 10.1. The van der Waals surface area contributed by atoms with Crippen molar-refractivity contribution in [3.63, 3.8) is 0 Å². The van der Waals surface area contributed by atoms with Gasteiger partial charge in [-0.1, -0.05) is 6.07 Å². The quantitative estimate of drug-likeness (QED) is 0.621. The first-order chi connectivity index (χ1) is 9.22. The van der Waals surface area contributed by atoms with Crippen LogP contribution in [0.1, 0.15) is 28.7 Å². The summed E-state index contributed by atoms with van der Waals surface area (Å²) >= 11 is 0. The van der Waals surface area contributed by atoms with E-state index in [-0.39, 0.29) is 0 Å². The second kappa shape index (κ2) is 5.87. The van der Waals surface area contributed by atoms with Gasteiger partial charge in [-0.3, -0.25) is 4.98 Å². The molecular formula is C15H14N2O2. The van der Waals surface area contributed by atoms with Crippen molar-refractivity contribution in [1.29, 1.82) is 0 Å². The van der Waals surface area contributed by atoms with Crippen molar-refractivity contribution in [2.24, 2.45) is 7.05 Å². The van der Waals surface area contributed by atoms with E-state index in [0.717, 1.165) is 0 Å². The van der Waals surface area contributed by atoms with Gasteiger partial charge in [0.15, 0.2) is 6.10 Å². The summed E-state index contributed by atoms with van der Waals surface area (Å²) in [6.07, 6.45) is 8.53. The lowest BCUT2D eigenvalue weighted by Crippen LogP contribution is -2.15. The van der Waals surface area contributed by atoms with E-state index in [4.69, 9.17) is 11.2 Å². The van der Waals surface area contributed by atoms with E-state index in [1.54, 1.807) is 48.3 Å². The maximum Gasteiger partial charge on any atom is 0.355 e. The molecule has 4 heteroatoms. The van der Waals surface area contributed by atoms with Crippen molar-refractivity contribution in [2.75, 3.05) is 0 Å². The van der Waals surface area contributed by atoms with E-state index in [2.05, 4.69) is 10.9 Å². The van der Waals surface area contributed by atoms with Gasteiger partial charge in [-0.2, -0.15) is 0 Å². The van der Waals surface area contributed by atoms with E-state index in [1.807, 2.05) is 6.07 Å². The number of hydrogen-bond acceptors (Lipinski definition) is 3. The molecule has 0 fully saturated rings. The number of esters is 1. The lowest BCUT2D eigenvalue weighted by molar-refractivity contribution is 0.0287. The third kappa shape index (κ3) is 3.02. The lowest BCUT2D eigenvalue weighted by Gasteiger charge is -2.15. The smallest absolute Gasteiger partial charge is 0.355 e. The molecule has 0 unspecified atom stereocenters. The van der Waals surface area contributed by atoms with Gasteiger partial charge in [0.05, 0.1) is 12.1 Å². The zero-order valence-corrected chi connectivity index (χ0v) is 10.6. The molecule has 0 amide bonds. The topological polar surface area (TPSA) is 44.1 Å². The Morgan fingerprint density at radius 1 is 1.47 bits per heavy atom. The molecule has 2 aromatic rings. The van der Waals surface area contributed by atoms with Crippen LogP contribution in [0.15, 0.2) is 42.7 Å². The first kappa shape index (κ1) is 12.9. The van der Waals surface area contributed by atoms with Crippen LogP contribution in [-0.4, -0.2) is 15.5 Å². The number of pyridine rings is 1. The van der Waals surface area contributed by atoms with Gasteiger partial charge in [-0.15, -0.1) is 12.3 Å². The van der Waals surface area contributed by atoms with Crippen molar-refractivity contribution in [1.82, 2.24) is 9.55 Å². The highest BCUT2D eigenvalue weighted by Gasteiger charge is 2.19. The first-order valence-corrected chi connectivity index (χ1v) is 5.89. The normalized spacial score (nSPS) is 11.6. The van der Waals surface area contributed by atoms with Gasteiger partial charge in [0.2, 0.25) is 0 Å². The molecule has 96 valence electrons. The Labute approximate surface area is 112 Å². The largest absolute Gasteiger partial charge is 0.450 e. The number of carbonyl (C=O) groups is 1. The van der Waals surface area contributed by atoms with Gasteiger partial charge in [0, 0.05) is 19.4 Å². The summed E-state index contributed by atoms with van der Waals surface area (Å²) in [7, 11) is 1.79. The summed E-state index contributed by atoms with van der Waals surface area (Å²) in [5.41, 5.74) is 1.14. The number of aryl methyl sites for hydroxylation is 1. The summed E-state index contributed by atoms with van der Waals surface area (Å²) < 4.78 is 7.14. The van der Waals surface area contributed by atoms with Gasteiger partial charge < -0.3 is 9.30 Å². The molecule has 0 bridgehead atoms. The number of rotatable bonds is 4. The number of terminal acetylenes is 1. The Hall–Kier alpha value is -2.54. The number of hydrogen-bond donors (Lipinski definition) is 0. The summed E-state index contributed by atoms with van der Waals surface area (Å²) in [5.74, 6) is 2.10. The minimum absolute atomic E-state index is 0.299. The van der Waals surface area contributed by atoms with Crippen LogP contribution in [0.2, 0.25) is 0 Å². The van der Waals surface area contributed by atoms with E-state index >= 15 is 0 Å². The highest BCUT2D eigenvalue weighted by molar-refractivity contribution is 5.87. The van der Waals surface area contributed by atoms with Crippen molar-refractivity contribution < 1.29 is 9.53 Å². The molecule has 0 aliphatic rings. The third-order valence-corrected chi connectivity index (χ3v) is 2.72. The van der Waals surface area contributed by atoms with Gasteiger partial charge in [0.1, 0.15) is 5.69 Å². The van der Waals surface area contributed by atoms with Crippen LogP contribution in [0, 0.1) is 12.3 Å². The minimum Gasteiger partial charge on any atom is -0.450 e. The fourth-order valence-corrected chi connectivity index (χ4v) is 1.74. The molecule has 2 heterocycles. The minimum atomic E-state index is -0.520. The number of nitrogens with zero attached hydrogens (tertiary/aromatic N) is 2. The maximum atomic E-state index is 12.0. The van der Waals surface area contributed by atoms with E-state index in [1.165, 1.54) is 0 Å². The standard InChI is InChI=1S/C15H14N2O2/c1-3-7-14(12-8-4-5-10-16-12)19-15(18)13-9-6-11-17(13)2/h1,4-6,8-11,14H,7H2,2H3/t14-/m1/s1. The second-order valence-corrected chi connectivity index (χ2v) is 4.06. The molecule has 0 spiro atoms. The molecule has 0 aromatic carbocycles. The van der Waals surface area contributed by atoms with Crippen LogP contribution in [0.25, 0.3) is 0 Å². The Bertz CT molecular complexity index is 596. The molecule has 0 saturated heterocycles. The fourth-order valence-electron chi connectivity index (χ4n) is 1.74. The predicted molar refractivity (Wildman–Crippen MR) is 71.3 cm³/mol. The zero-order chi connectivity index (χ0) is 13.7. The number of aromatic nitrogens is 2. The van der Waals surface area contributed by atoms with E-state index < -0.39 is 12.1 Å². The molecule has 0 aliphatic carbocycles. The SMILES string of the molecule is C#CC[C@@H](OC(=O)c1cccn1C)c1ccccn1. The van der Waals surface area contributed by atoms with Crippen molar-refractivity contribution >= 4 is 5.97 Å². The van der Waals surface area contributed by atoms with Gasteiger partial charge >= 0.3 is 5.97 Å². The number of ether oxygens (including phenoxy) is 1. The molecule has 0 saturated carbocycles. The zero-order valence-electron chi connectivity index (χ0n) is 10.6. The van der Waals surface area contributed by atoms with Gasteiger partial charge in [-0.25, -0.2) is 4.79 Å². The third-order valence-electron chi connectivity index (χ3n) is 2.72. The molecule has 2 rings (SSSR count). The van der Waals surface area contributed by atoms with Gasteiger partial charge in [0.25, 0.3) is 0 Å². The molecular weight excluding hydrogens is 240 g/mol. The van der Waals surface area contributed by atoms with Crippen LogP contribution in [0.5, 0.6) is 0 Å². The van der Waals surface area contributed by atoms with Crippen LogP contribution in [0.3, 0.4) is 0 Å². The summed E-state index contributed by atoms with van der Waals surface area (Å²) in [5, 5.41) is 0. The maximum absolute atomic E-state index is 12.0. The first-order valence-electron chi connectivity index (χ1n) is 5.89. The van der Waals surface area contributed by atoms with Crippen LogP contribution in [-0.2, 0) is 11.8 Å². The molecule has 0 N–H and O–H groups in total. The highest BCUT2D eigenvalue weighted by Crippen LogP contribution is 2.20. The number of carbonyl (C=O) groups excluding carboxylic acids is 1.